The van der Waals surface area contributed by atoms with Crippen LogP contribution in [0.4, 0.5) is 4.79 Å². The largest absolute Gasteiger partial charge is 0.493 e. The number of aliphatic hydroxyl groups is 1. The van der Waals surface area contributed by atoms with Crippen LogP contribution in [0.1, 0.15) is 46.1 Å². The summed E-state index contributed by atoms with van der Waals surface area (Å²) in [5.41, 5.74) is 7.47. The van der Waals surface area contributed by atoms with E-state index in [4.69, 9.17) is 19.9 Å². The van der Waals surface area contributed by atoms with E-state index in [1.54, 1.807) is 19.1 Å². The molecule has 4 N–H and O–H groups in total. The van der Waals surface area contributed by atoms with Crippen LogP contribution in [0, 0.1) is 11.8 Å². The Balaban J connectivity index is 2.74. The van der Waals surface area contributed by atoms with Crippen molar-refractivity contribution in [3.8, 4) is 11.5 Å². The molecule has 0 radical (unpaired) electrons. The Kier molecular flexibility index (Phi) is 13.8. The predicted molar refractivity (Wildman–Crippen MR) is 132 cm³/mol. The van der Waals surface area contributed by atoms with Crippen LogP contribution >= 0.6 is 0 Å². The maximum atomic E-state index is 12.1. The summed E-state index contributed by atoms with van der Waals surface area (Å²) in [6.07, 6.45) is 1.45. The van der Waals surface area contributed by atoms with Gasteiger partial charge in [0, 0.05) is 45.8 Å². The zero-order chi connectivity index (χ0) is 24.8. The molecule has 0 aliphatic heterocycles. The molecule has 0 spiro atoms. The van der Waals surface area contributed by atoms with Gasteiger partial charge in [-0.25, -0.2) is 4.79 Å². The van der Waals surface area contributed by atoms with Gasteiger partial charge in [0.2, 0.25) is 0 Å². The molecule has 8 nitrogen and oxygen atoms in total. The highest BCUT2D eigenvalue weighted by Gasteiger charge is 2.24. The molecule has 3 unspecified atom stereocenters. The van der Waals surface area contributed by atoms with E-state index in [0.29, 0.717) is 44.4 Å². The van der Waals surface area contributed by atoms with Gasteiger partial charge in [-0.05, 0) is 56.2 Å². The van der Waals surface area contributed by atoms with Crippen molar-refractivity contribution >= 4 is 6.03 Å². The number of ether oxygens (including phenoxy) is 3. The van der Waals surface area contributed by atoms with Crippen LogP contribution in [0.15, 0.2) is 18.2 Å². The number of urea groups is 1. The number of hydrogen-bond acceptors (Lipinski definition) is 6. The maximum Gasteiger partial charge on any atom is 0.317 e. The molecule has 1 aromatic rings. The van der Waals surface area contributed by atoms with Gasteiger partial charge in [0.25, 0.3) is 0 Å². The monoisotopic (exact) mass is 467 g/mol. The predicted octanol–water partition coefficient (Wildman–Crippen LogP) is 3.05. The van der Waals surface area contributed by atoms with Gasteiger partial charge in [0.15, 0.2) is 11.5 Å². The summed E-state index contributed by atoms with van der Waals surface area (Å²) in [4.78, 5) is 13.8. The Bertz CT molecular complexity index is 682. The summed E-state index contributed by atoms with van der Waals surface area (Å²) in [5, 5.41) is 13.3. The maximum absolute atomic E-state index is 12.1. The number of nitrogens with zero attached hydrogens (tertiary/aromatic N) is 1. The van der Waals surface area contributed by atoms with Crippen LogP contribution in [-0.4, -0.2) is 75.3 Å². The first-order chi connectivity index (χ1) is 15.8. The Hall–Kier alpha value is -2.03. The number of nitrogens with two attached hydrogens (primary N) is 1. The quantitative estimate of drug-likeness (QED) is 0.323. The zero-order valence-corrected chi connectivity index (χ0v) is 21.3. The van der Waals surface area contributed by atoms with Crippen molar-refractivity contribution in [1.29, 1.82) is 0 Å². The fourth-order valence-corrected chi connectivity index (χ4v) is 3.71. The van der Waals surface area contributed by atoms with Crippen LogP contribution in [-0.2, 0) is 11.2 Å². The van der Waals surface area contributed by atoms with Crippen LogP contribution in [0.5, 0.6) is 11.5 Å². The number of hydrogen-bond donors (Lipinski definition) is 3. The molecule has 0 saturated carbocycles. The second kappa shape index (κ2) is 15.7. The average Bonchev–Trinajstić information content (AvgIpc) is 2.80. The molecule has 1 rings (SSSR count). The molecule has 8 heteroatoms. The molecule has 0 aromatic heterocycles. The SMILES string of the molecule is CCN(CC)C(=O)NCC(O)C(N)CC(Cc1ccc(OC)c(OCCCOC)c1)C(C)C. The smallest absolute Gasteiger partial charge is 0.317 e. The Morgan fingerprint density at radius 2 is 1.85 bits per heavy atom. The van der Waals surface area contributed by atoms with E-state index < -0.39 is 12.1 Å². The fourth-order valence-electron chi connectivity index (χ4n) is 3.71. The molecule has 1 aromatic carbocycles. The number of aliphatic hydroxyl groups excluding tert-OH is 1. The normalized spacial score (nSPS) is 14.0. The number of rotatable bonds is 16. The topological polar surface area (TPSA) is 106 Å². The van der Waals surface area contributed by atoms with Crippen LogP contribution in [0.3, 0.4) is 0 Å². The van der Waals surface area contributed by atoms with Crippen molar-refractivity contribution in [2.75, 3.05) is 47.1 Å². The van der Waals surface area contributed by atoms with E-state index in [9.17, 15) is 9.90 Å². The lowest BCUT2D eigenvalue weighted by atomic mass is 9.83. The molecule has 190 valence electrons. The first kappa shape index (κ1) is 29.0. The first-order valence-corrected chi connectivity index (χ1v) is 12.0. The number of benzene rings is 1. The third kappa shape index (κ3) is 10.2. The van der Waals surface area contributed by atoms with Crippen molar-refractivity contribution in [1.82, 2.24) is 10.2 Å². The summed E-state index contributed by atoms with van der Waals surface area (Å²) in [5.74, 6) is 2.06. The minimum atomic E-state index is -0.804. The second-order valence-corrected chi connectivity index (χ2v) is 8.71. The molecule has 0 heterocycles. The van der Waals surface area contributed by atoms with Gasteiger partial charge in [0.1, 0.15) is 0 Å². The van der Waals surface area contributed by atoms with Gasteiger partial charge < -0.3 is 35.3 Å². The van der Waals surface area contributed by atoms with Crippen molar-refractivity contribution in [2.45, 2.75) is 59.1 Å². The van der Waals surface area contributed by atoms with Crippen molar-refractivity contribution in [3.63, 3.8) is 0 Å². The van der Waals surface area contributed by atoms with Gasteiger partial charge >= 0.3 is 6.03 Å². The lowest BCUT2D eigenvalue weighted by Gasteiger charge is -2.28. The van der Waals surface area contributed by atoms with E-state index in [-0.39, 0.29) is 18.5 Å². The lowest BCUT2D eigenvalue weighted by molar-refractivity contribution is 0.122. The Labute approximate surface area is 199 Å². The summed E-state index contributed by atoms with van der Waals surface area (Å²) in [6, 6.07) is 5.38. The van der Waals surface area contributed by atoms with Crippen LogP contribution < -0.4 is 20.5 Å². The van der Waals surface area contributed by atoms with Gasteiger partial charge in [-0.2, -0.15) is 0 Å². The molecule has 0 fully saturated rings. The summed E-state index contributed by atoms with van der Waals surface area (Å²) >= 11 is 0. The molecule has 2 amide bonds. The fraction of sp³-hybridized carbons (Fsp3) is 0.720. The van der Waals surface area contributed by atoms with Crippen LogP contribution in [0.2, 0.25) is 0 Å². The average molecular weight is 468 g/mol. The highest BCUT2D eigenvalue weighted by Crippen LogP contribution is 2.31. The Morgan fingerprint density at radius 3 is 2.42 bits per heavy atom. The second-order valence-electron chi connectivity index (χ2n) is 8.71. The van der Waals surface area contributed by atoms with Gasteiger partial charge in [-0.3, -0.25) is 0 Å². The van der Waals surface area contributed by atoms with Crippen molar-refractivity contribution < 1.29 is 24.1 Å². The van der Waals surface area contributed by atoms with Gasteiger partial charge in [-0.15, -0.1) is 0 Å². The van der Waals surface area contributed by atoms with Gasteiger partial charge in [-0.1, -0.05) is 19.9 Å². The summed E-state index contributed by atoms with van der Waals surface area (Å²) < 4.78 is 16.4. The number of amides is 2. The number of nitrogens with one attached hydrogen (secondary N) is 1. The minimum Gasteiger partial charge on any atom is -0.493 e. The first-order valence-electron chi connectivity index (χ1n) is 12.0. The number of carbonyl (C=O) groups is 1. The molecular weight excluding hydrogens is 422 g/mol. The van der Waals surface area contributed by atoms with Gasteiger partial charge in [0.05, 0.1) is 19.8 Å². The highest BCUT2D eigenvalue weighted by atomic mass is 16.5. The van der Waals surface area contributed by atoms with E-state index in [1.165, 1.54) is 0 Å². The molecular formula is C25H45N3O5. The molecule has 0 saturated heterocycles. The van der Waals surface area contributed by atoms with Crippen molar-refractivity contribution in [3.05, 3.63) is 23.8 Å². The molecule has 33 heavy (non-hydrogen) atoms. The van der Waals surface area contributed by atoms with Crippen LogP contribution in [0.25, 0.3) is 0 Å². The third-order valence-corrected chi connectivity index (χ3v) is 6.00. The molecule has 0 aliphatic carbocycles. The number of methoxy groups -OCH3 is 2. The molecule has 0 bridgehead atoms. The summed E-state index contributed by atoms with van der Waals surface area (Å²) in [7, 11) is 3.31. The van der Waals surface area contributed by atoms with E-state index in [2.05, 4.69) is 19.2 Å². The Morgan fingerprint density at radius 1 is 1.15 bits per heavy atom. The van der Waals surface area contributed by atoms with E-state index >= 15 is 0 Å². The standard InChI is InChI=1S/C25H45N3O5/c1-7-28(8-2)25(30)27-17-22(29)21(26)16-20(18(3)4)14-19-10-11-23(32-6)24(15-19)33-13-9-12-31-5/h10-11,15,18,20-22,29H,7-9,12-14,16-17,26H2,1-6H3,(H,27,30). The van der Waals surface area contributed by atoms with E-state index in [0.717, 1.165) is 24.2 Å². The third-order valence-electron chi connectivity index (χ3n) is 6.00. The lowest BCUT2D eigenvalue weighted by Crippen LogP contribution is -2.48. The van der Waals surface area contributed by atoms with Crippen molar-refractivity contribution in [2.24, 2.45) is 17.6 Å². The van der Waals surface area contributed by atoms with E-state index in [1.807, 2.05) is 32.0 Å². The highest BCUT2D eigenvalue weighted by molar-refractivity contribution is 5.74. The molecule has 3 atom stereocenters. The number of carbonyl (C=O) groups excluding carboxylic acids is 1. The zero-order valence-electron chi connectivity index (χ0n) is 21.3. The summed E-state index contributed by atoms with van der Waals surface area (Å²) in [6.45, 7) is 10.8. The molecule has 0 aliphatic rings. The minimum absolute atomic E-state index is 0.142.